The maximum absolute atomic E-state index is 12.6. The van der Waals surface area contributed by atoms with E-state index in [-0.39, 0.29) is 10.1 Å². The maximum Gasteiger partial charge on any atom is 0.271 e. The van der Waals surface area contributed by atoms with Gasteiger partial charge in [-0.2, -0.15) is 0 Å². The van der Waals surface area contributed by atoms with Crippen LogP contribution in [0.15, 0.2) is 44.4 Å². The molecule has 1 amide bonds. The molecule has 2 aromatic rings. The first-order chi connectivity index (χ1) is 12.7. The number of rotatable bonds is 8. The minimum Gasteiger partial charge on any atom is -0.355 e. The Labute approximate surface area is 172 Å². The van der Waals surface area contributed by atoms with Crippen LogP contribution in [0.3, 0.4) is 0 Å². The van der Waals surface area contributed by atoms with E-state index in [4.69, 9.17) is 0 Å². The number of thiophene rings is 1. The van der Waals surface area contributed by atoms with Gasteiger partial charge in [-0.25, -0.2) is 8.42 Å². The largest absolute Gasteiger partial charge is 0.355 e. The number of halogens is 1. The summed E-state index contributed by atoms with van der Waals surface area (Å²) in [7, 11) is -3.60. The van der Waals surface area contributed by atoms with Crippen LogP contribution in [0.4, 0.5) is 5.69 Å². The molecule has 0 unspecified atom stereocenters. The molecule has 1 aromatic heterocycles. The summed E-state index contributed by atoms with van der Waals surface area (Å²) in [6.45, 7) is 4.95. The van der Waals surface area contributed by atoms with Gasteiger partial charge in [0.15, 0.2) is 0 Å². The first kappa shape index (κ1) is 20.4. The zero-order chi connectivity index (χ0) is 19.7. The van der Waals surface area contributed by atoms with E-state index in [2.05, 4.69) is 39.8 Å². The Balaban J connectivity index is 1.67. The van der Waals surface area contributed by atoms with Gasteiger partial charge in [0.25, 0.3) is 10.0 Å². The van der Waals surface area contributed by atoms with E-state index in [0.717, 1.165) is 39.9 Å². The standard InChI is InChI=1S/C19H23BrN2O3S2/c1-13(2)9-12-21-18(23)19(10-11-19)14-3-5-15(6-4-14)22-27(24,25)17-8-7-16(20)26-17/h3-8,13,22H,9-12H2,1-2H3,(H,21,23). The summed E-state index contributed by atoms with van der Waals surface area (Å²) in [5, 5.41) is 3.04. The lowest BCUT2D eigenvalue weighted by atomic mass is 9.94. The number of hydrogen-bond donors (Lipinski definition) is 2. The van der Waals surface area contributed by atoms with Crippen molar-refractivity contribution in [2.75, 3.05) is 11.3 Å². The zero-order valence-electron chi connectivity index (χ0n) is 15.3. The molecular weight excluding hydrogens is 448 g/mol. The van der Waals surface area contributed by atoms with Crippen molar-refractivity contribution in [3.05, 3.63) is 45.7 Å². The second-order valence-corrected chi connectivity index (χ2v) is 11.6. The monoisotopic (exact) mass is 470 g/mol. The van der Waals surface area contributed by atoms with Crippen LogP contribution in [-0.2, 0) is 20.2 Å². The molecule has 1 heterocycles. The molecule has 146 valence electrons. The molecule has 0 saturated heterocycles. The van der Waals surface area contributed by atoms with Gasteiger partial charge in [-0.05, 0) is 70.9 Å². The average molecular weight is 471 g/mol. The molecule has 0 spiro atoms. The van der Waals surface area contributed by atoms with E-state index in [1.165, 1.54) is 0 Å². The fourth-order valence-corrected chi connectivity index (χ4v) is 5.99. The molecular formula is C19H23BrN2O3S2. The molecule has 1 aromatic carbocycles. The van der Waals surface area contributed by atoms with E-state index >= 15 is 0 Å². The third-order valence-electron chi connectivity index (χ3n) is 4.69. The maximum atomic E-state index is 12.6. The molecule has 0 radical (unpaired) electrons. The predicted molar refractivity (Wildman–Crippen MR) is 113 cm³/mol. The third kappa shape index (κ3) is 4.73. The summed E-state index contributed by atoms with van der Waals surface area (Å²) in [5.41, 5.74) is 0.971. The number of carbonyl (C=O) groups is 1. The molecule has 27 heavy (non-hydrogen) atoms. The van der Waals surface area contributed by atoms with Crippen molar-refractivity contribution in [1.29, 1.82) is 0 Å². The highest BCUT2D eigenvalue weighted by molar-refractivity contribution is 9.11. The van der Waals surface area contributed by atoms with Gasteiger partial charge in [0.2, 0.25) is 5.91 Å². The number of anilines is 1. The Bertz CT molecular complexity index is 917. The summed E-state index contributed by atoms with van der Waals surface area (Å²) in [4.78, 5) is 12.6. The second kappa shape index (κ2) is 7.93. The summed E-state index contributed by atoms with van der Waals surface area (Å²) in [6.07, 6.45) is 2.62. The topological polar surface area (TPSA) is 75.3 Å². The number of carbonyl (C=O) groups excluding carboxylic acids is 1. The van der Waals surface area contributed by atoms with Crippen LogP contribution in [0.5, 0.6) is 0 Å². The lowest BCUT2D eigenvalue weighted by Gasteiger charge is -2.17. The molecule has 8 heteroatoms. The predicted octanol–water partition coefficient (Wildman–Crippen LogP) is 4.51. The molecule has 0 bridgehead atoms. The molecule has 0 atom stereocenters. The van der Waals surface area contributed by atoms with E-state index in [1.54, 1.807) is 24.3 Å². The minimum atomic E-state index is -3.60. The average Bonchev–Trinajstić information content (AvgIpc) is 3.29. The van der Waals surface area contributed by atoms with Crippen LogP contribution in [0.2, 0.25) is 0 Å². The van der Waals surface area contributed by atoms with Gasteiger partial charge in [0.1, 0.15) is 4.21 Å². The highest BCUT2D eigenvalue weighted by Crippen LogP contribution is 2.48. The second-order valence-electron chi connectivity index (χ2n) is 7.26. The van der Waals surface area contributed by atoms with E-state index in [9.17, 15) is 13.2 Å². The fraction of sp³-hybridized carbons (Fsp3) is 0.421. The highest BCUT2D eigenvalue weighted by atomic mass is 79.9. The van der Waals surface area contributed by atoms with Crippen LogP contribution < -0.4 is 10.0 Å². The number of hydrogen-bond acceptors (Lipinski definition) is 4. The summed E-state index contributed by atoms with van der Waals surface area (Å²) in [5.74, 6) is 0.622. The molecule has 1 fully saturated rings. The minimum absolute atomic E-state index is 0.0694. The summed E-state index contributed by atoms with van der Waals surface area (Å²) in [6, 6.07) is 10.4. The lowest BCUT2D eigenvalue weighted by Crippen LogP contribution is -2.35. The molecule has 1 aliphatic rings. The van der Waals surface area contributed by atoms with Gasteiger partial charge in [0, 0.05) is 12.2 Å². The zero-order valence-corrected chi connectivity index (χ0v) is 18.5. The van der Waals surface area contributed by atoms with Crippen LogP contribution in [-0.4, -0.2) is 20.9 Å². The van der Waals surface area contributed by atoms with Gasteiger partial charge in [-0.1, -0.05) is 26.0 Å². The molecule has 5 nitrogen and oxygen atoms in total. The van der Waals surface area contributed by atoms with Crippen molar-refractivity contribution in [2.24, 2.45) is 5.92 Å². The molecule has 1 aliphatic carbocycles. The molecule has 3 rings (SSSR count). The normalized spacial score (nSPS) is 15.6. The van der Waals surface area contributed by atoms with Crippen LogP contribution in [0, 0.1) is 5.92 Å². The van der Waals surface area contributed by atoms with Crippen molar-refractivity contribution in [3.8, 4) is 0 Å². The van der Waals surface area contributed by atoms with Crippen molar-refractivity contribution in [2.45, 2.75) is 42.7 Å². The van der Waals surface area contributed by atoms with E-state index in [0.29, 0.717) is 18.2 Å². The quantitative estimate of drug-likeness (QED) is 0.595. The van der Waals surface area contributed by atoms with E-state index in [1.807, 2.05) is 12.1 Å². The van der Waals surface area contributed by atoms with Gasteiger partial charge in [0.05, 0.1) is 9.20 Å². The smallest absolute Gasteiger partial charge is 0.271 e. The van der Waals surface area contributed by atoms with Crippen molar-refractivity contribution < 1.29 is 13.2 Å². The molecule has 1 saturated carbocycles. The SMILES string of the molecule is CC(C)CCNC(=O)C1(c2ccc(NS(=O)(=O)c3ccc(Br)s3)cc2)CC1. The van der Waals surface area contributed by atoms with Crippen molar-refractivity contribution >= 4 is 48.9 Å². The lowest BCUT2D eigenvalue weighted by molar-refractivity contribution is -0.123. The summed E-state index contributed by atoms with van der Waals surface area (Å²) < 4.78 is 28.4. The third-order valence-corrected chi connectivity index (χ3v) is 8.19. The van der Waals surface area contributed by atoms with Gasteiger partial charge in [-0.3, -0.25) is 9.52 Å². The van der Waals surface area contributed by atoms with Gasteiger partial charge in [-0.15, -0.1) is 11.3 Å². The van der Waals surface area contributed by atoms with Crippen LogP contribution in [0.25, 0.3) is 0 Å². The van der Waals surface area contributed by atoms with Crippen molar-refractivity contribution in [3.63, 3.8) is 0 Å². The van der Waals surface area contributed by atoms with Crippen LogP contribution in [0.1, 0.15) is 38.7 Å². The first-order valence-corrected chi connectivity index (χ1v) is 12.0. The highest BCUT2D eigenvalue weighted by Gasteiger charge is 2.51. The van der Waals surface area contributed by atoms with E-state index < -0.39 is 15.4 Å². The Kier molecular flexibility index (Phi) is 5.98. The summed E-state index contributed by atoms with van der Waals surface area (Å²) >= 11 is 4.43. The Morgan fingerprint density at radius 3 is 2.37 bits per heavy atom. The van der Waals surface area contributed by atoms with Crippen LogP contribution >= 0.6 is 27.3 Å². The first-order valence-electron chi connectivity index (χ1n) is 8.90. The van der Waals surface area contributed by atoms with Crippen molar-refractivity contribution in [1.82, 2.24) is 5.32 Å². The Hall–Kier alpha value is -1.38. The van der Waals surface area contributed by atoms with Gasteiger partial charge < -0.3 is 5.32 Å². The molecule has 0 aliphatic heterocycles. The Morgan fingerprint density at radius 2 is 1.85 bits per heavy atom. The number of benzene rings is 1. The van der Waals surface area contributed by atoms with Gasteiger partial charge >= 0.3 is 0 Å². The number of sulfonamides is 1. The number of amides is 1. The number of nitrogens with one attached hydrogen (secondary N) is 2. The molecule has 2 N–H and O–H groups in total. The fourth-order valence-electron chi connectivity index (χ4n) is 2.92. The Morgan fingerprint density at radius 1 is 1.19 bits per heavy atom.